The summed E-state index contributed by atoms with van der Waals surface area (Å²) in [6, 6.07) is 0. The van der Waals surface area contributed by atoms with E-state index in [1.807, 2.05) is 4.90 Å². The van der Waals surface area contributed by atoms with Crippen molar-refractivity contribution in [1.29, 1.82) is 0 Å². The normalized spacial score (nSPS) is 20.2. The highest BCUT2D eigenvalue weighted by Gasteiger charge is 2.26. The number of alkyl halides is 1. The lowest BCUT2D eigenvalue weighted by atomic mass is 10.1. The molecule has 1 unspecified atom stereocenters. The van der Waals surface area contributed by atoms with Gasteiger partial charge in [-0.25, -0.2) is 0 Å². The second kappa shape index (κ2) is 4.26. The van der Waals surface area contributed by atoms with Gasteiger partial charge >= 0.3 is 0 Å². The van der Waals surface area contributed by atoms with Crippen LogP contribution in [-0.4, -0.2) is 28.7 Å². The van der Waals surface area contributed by atoms with Crippen molar-refractivity contribution in [1.82, 2.24) is 4.90 Å². The molecule has 0 aromatic heterocycles. The fraction of sp³-hybridized carbons (Fsp3) is 0.889. The summed E-state index contributed by atoms with van der Waals surface area (Å²) in [6.45, 7) is 6.03. The zero-order valence-corrected chi connectivity index (χ0v) is 9.30. The molecular weight excluding hydrogens is 218 g/mol. The first-order valence-corrected chi connectivity index (χ1v) is 5.47. The number of halogens is 1. The lowest BCUT2D eigenvalue weighted by Gasteiger charge is -2.21. The minimum Gasteiger partial charge on any atom is -0.342 e. The molecule has 0 aliphatic carbocycles. The van der Waals surface area contributed by atoms with Gasteiger partial charge < -0.3 is 4.90 Å². The van der Waals surface area contributed by atoms with Crippen LogP contribution in [0.4, 0.5) is 0 Å². The Morgan fingerprint density at radius 3 is 2.25 bits per heavy atom. The zero-order chi connectivity index (χ0) is 9.14. The zero-order valence-electron chi connectivity index (χ0n) is 7.72. The molecule has 0 bridgehead atoms. The van der Waals surface area contributed by atoms with Crippen LogP contribution in [0.2, 0.25) is 0 Å². The standard InChI is InChI=1S/C9H16BrNO/c1-7(2)8(10)9(12)11-5-3-4-6-11/h7-8H,3-6H2,1-2H3. The third-order valence-electron chi connectivity index (χ3n) is 2.24. The Balaban J connectivity index is 2.45. The number of hydrogen-bond donors (Lipinski definition) is 0. The molecule has 0 aromatic carbocycles. The van der Waals surface area contributed by atoms with E-state index in [0.29, 0.717) is 5.92 Å². The Kier molecular flexibility index (Phi) is 3.56. The monoisotopic (exact) mass is 233 g/mol. The predicted molar refractivity (Wildman–Crippen MR) is 53.4 cm³/mol. The topological polar surface area (TPSA) is 20.3 Å². The van der Waals surface area contributed by atoms with E-state index in [0.717, 1.165) is 13.1 Å². The Morgan fingerprint density at radius 2 is 1.83 bits per heavy atom. The third kappa shape index (κ3) is 2.22. The molecule has 1 atom stereocenters. The predicted octanol–water partition coefficient (Wildman–Crippen LogP) is 2.03. The number of amides is 1. The lowest BCUT2D eigenvalue weighted by molar-refractivity contribution is -0.130. The highest BCUT2D eigenvalue weighted by molar-refractivity contribution is 9.10. The van der Waals surface area contributed by atoms with Crippen molar-refractivity contribution in [2.45, 2.75) is 31.5 Å². The van der Waals surface area contributed by atoms with Gasteiger partial charge in [0.15, 0.2) is 0 Å². The molecule has 0 spiro atoms. The molecule has 12 heavy (non-hydrogen) atoms. The van der Waals surface area contributed by atoms with Crippen LogP contribution in [0, 0.1) is 5.92 Å². The molecule has 3 heteroatoms. The largest absolute Gasteiger partial charge is 0.342 e. The summed E-state index contributed by atoms with van der Waals surface area (Å²) in [5.74, 6) is 0.653. The van der Waals surface area contributed by atoms with E-state index in [1.165, 1.54) is 12.8 Å². The average molecular weight is 234 g/mol. The third-order valence-corrected chi connectivity index (χ3v) is 3.69. The second-order valence-electron chi connectivity index (χ2n) is 3.68. The molecule has 0 saturated carbocycles. The van der Waals surface area contributed by atoms with Gasteiger partial charge in [-0.1, -0.05) is 29.8 Å². The highest BCUT2D eigenvalue weighted by Crippen LogP contribution is 2.18. The summed E-state index contributed by atoms with van der Waals surface area (Å²) in [5.41, 5.74) is 0. The van der Waals surface area contributed by atoms with Gasteiger partial charge in [0.05, 0.1) is 4.83 Å². The molecule has 1 amide bonds. The van der Waals surface area contributed by atoms with Crippen LogP contribution in [0.1, 0.15) is 26.7 Å². The maximum atomic E-state index is 11.7. The fourth-order valence-corrected chi connectivity index (χ4v) is 1.69. The van der Waals surface area contributed by atoms with Gasteiger partial charge in [-0.15, -0.1) is 0 Å². The van der Waals surface area contributed by atoms with E-state index in [9.17, 15) is 4.79 Å². The van der Waals surface area contributed by atoms with Crippen LogP contribution in [0.25, 0.3) is 0 Å². The molecule has 1 fully saturated rings. The van der Waals surface area contributed by atoms with Crippen molar-refractivity contribution >= 4 is 21.8 Å². The van der Waals surface area contributed by atoms with E-state index in [4.69, 9.17) is 0 Å². The summed E-state index contributed by atoms with van der Waals surface area (Å²) in [5, 5.41) is 0. The second-order valence-corrected chi connectivity index (χ2v) is 4.66. The van der Waals surface area contributed by atoms with Gasteiger partial charge in [-0.2, -0.15) is 0 Å². The van der Waals surface area contributed by atoms with Crippen LogP contribution in [0.15, 0.2) is 0 Å². The summed E-state index contributed by atoms with van der Waals surface area (Å²) < 4.78 is 0. The molecule has 1 saturated heterocycles. The molecular formula is C9H16BrNO. The van der Waals surface area contributed by atoms with Gasteiger partial charge in [0, 0.05) is 13.1 Å². The van der Waals surface area contributed by atoms with Crippen molar-refractivity contribution in [2.75, 3.05) is 13.1 Å². The van der Waals surface area contributed by atoms with Crippen molar-refractivity contribution in [3.8, 4) is 0 Å². The number of nitrogens with zero attached hydrogens (tertiary/aromatic N) is 1. The van der Waals surface area contributed by atoms with E-state index < -0.39 is 0 Å². The summed E-state index contributed by atoms with van der Waals surface area (Å²) in [4.78, 5) is 13.6. The first-order chi connectivity index (χ1) is 5.63. The molecule has 1 rings (SSSR count). The van der Waals surface area contributed by atoms with Gasteiger partial charge in [-0.3, -0.25) is 4.79 Å². The van der Waals surface area contributed by atoms with Gasteiger partial charge in [0.1, 0.15) is 0 Å². The molecule has 1 heterocycles. The molecule has 0 radical (unpaired) electrons. The minimum atomic E-state index is 0.00981. The Hall–Kier alpha value is -0.0500. The number of carbonyl (C=O) groups excluding carboxylic acids is 1. The Labute approximate surface area is 82.4 Å². The quantitative estimate of drug-likeness (QED) is 0.669. The van der Waals surface area contributed by atoms with E-state index in [1.54, 1.807) is 0 Å². The Morgan fingerprint density at radius 1 is 1.33 bits per heavy atom. The minimum absolute atomic E-state index is 0.00981. The molecule has 0 aromatic rings. The summed E-state index contributed by atoms with van der Waals surface area (Å²) in [6.07, 6.45) is 2.34. The molecule has 1 aliphatic heterocycles. The molecule has 2 nitrogen and oxygen atoms in total. The van der Waals surface area contributed by atoms with Crippen molar-refractivity contribution in [3.63, 3.8) is 0 Å². The van der Waals surface area contributed by atoms with Crippen LogP contribution in [0.3, 0.4) is 0 Å². The number of carbonyl (C=O) groups is 1. The van der Waals surface area contributed by atoms with Crippen molar-refractivity contribution < 1.29 is 4.79 Å². The maximum absolute atomic E-state index is 11.7. The molecule has 1 aliphatic rings. The number of hydrogen-bond acceptors (Lipinski definition) is 1. The smallest absolute Gasteiger partial charge is 0.236 e. The highest BCUT2D eigenvalue weighted by atomic mass is 79.9. The summed E-state index contributed by atoms with van der Waals surface area (Å²) in [7, 11) is 0. The van der Waals surface area contributed by atoms with Crippen LogP contribution >= 0.6 is 15.9 Å². The van der Waals surface area contributed by atoms with Crippen LogP contribution < -0.4 is 0 Å². The van der Waals surface area contributed by atoms with Crippen LogP contribution in [0.5, 0.6) is 0 Å². The number of likely N-dealkylation sites (tertiary alicyclic amines) is 1. The average Bonchev–Trinajstić information content (AvgIpc) is 2.53. The fourth-order valence-electron chi connectivity index (χ4n) is 1.40. The lowest BCUT2D eigenvalue weighted by Crippen LogP contribution is -2.36. The van der Waals surface area contributed by atoms with Crippen molar-refractivity contribution in [2.24, 2.45) is 5.92 Å². The van der Waals surface area contributed by atoms with Gasteiger partial charge in [0.2, 0.25) is 5.91 Å². The SMILES string of the molecule is CC(C)C(Br)C(=O)N1CCCC1. The molecule has 70 valence electrons. The van der Waals surface area contributed by atoms with E-state index in [-0.39, 0.29) is 10.7 Å². The summed E-state index contributed by atoms with van der Waals surface area (Å²) >= 11 is 3.43. The molecule has 0 N–H and O–H groups in total. The van der Waals surface area contributed by atoms with Crippen molar-refractivity contribution in [3.05, 3.63) is 0 Å². The first kappa shape index (κ1) is 10.0. The van der Waals surface area contributed by atoms with Gasteiger partial charge in [0.25, 0.3) is 0 Å². The van der Waals surface area contributed by atoms with E-state index >= 15 is 0 Å². The Bertz CT molecular complexity index is 160. The maximum Gasteiger partial charge on any atom is 0.236 e. The first-order valence-electron chi connectivity index (χ1n) is 4.56. The van der Waals surface area contributed by atoms with Gasteiger partial charge in [-0.05, 0) is 18.8 Å². The van der Waals surface area contributed by atoms with Crippen LogP contribution in [-0.2, 0) is 4.79 Å². The van der Waals surface area contributed by atoms with E-state index in [2.05, 4.69) is 29.8 Å². The number of rotatable bonds is 2.